The Morgan fingerprint density at radius 3 is 2.86 bits per heavy atom. The first kappa shape index (κ1) is 12.4. The van der Waals surface area contributed by atoms with Crippen molar-refractivity contribution in [1.29, 1.82) is 0 Å². The summed E-state index contributed by atoms with van der Waals surface area (Å²) in [7, 11) is 0. The predicted molar refractivity (Wildman–Crippen MR) is 87.9 cm³/mol. The van der Waals surface area contributed by atoms with Gasteiger partial charge in [0.1, 0.15) is 5.82 Å². The van der Waals surface area contributed by atoms with Crippen molar-refractivity contribution in [1.82, 2.24) is 4.98 Å². The molecule has 1 heterocycles. The Morgan fingerprint density at radius 1 is 1.05 bits per heavy atom. The van der Waals surface area contributed by atoms with Crippen LogP contribution in [0.15, 0.2) is 54.7 Å². The van der Waals surface area contributed by atoms with Crippen LogP contribution in [0.5, 0.6) is 0 Å². The predicted octanol–water partition coefficient (Wildman–Crippen LogP) is 4.30. The summed E-state index contributed by atoms with van der Waals surface area (Å²) in [6, 6.07) is 17.2. The van der Waals surface area contributed by atoms with E-state index in [-0.39, 0.29) is 0 Å². The van der Waals surface area contributed by atoms with Gasteiger partial charge >= 0.3 is 0 Å². The van der Waals surface area contributed by atoms with Crippen LogP contribution in [0.25, 0.3) is 10.8 Å². The van der Waals surface area contributed by atoms with Gasteiger partial charge in [-0.3, -0.25) is 0 Å². The molecular weight excluding hydrogens is 256 g/mol. The summed E-state index contributed by atoms with van der Waals surface area (Å²) in [5.41, 5.74) is 4.28. The van der Waals surface area contributed by atoms with Gasteiger partial charge in [0.15, 0.2) is 0 Å². The number of fused-ring (bicyclic) bond motifs is 2. The SMILES string of the molecule is Cc1cccc2c(NCC3Cc4ccccc43)nccc12. The molecule has 0 spiro atoms. The third-order valence-electron chi connectivity index (χ3n) is 4.50. The normalized spacial score (nSPS) is 16.3. The second-order valence-corrected chi connectivity index (χ2v) is 5.81. The lowest BCUT2D eigenvalue weighted by atomic mass is 9.77. The lowest BCUT2D eigenvalue weighted by Gasteiger charge is -2.30. The summed E-state index contributed by atoms with van der Waals surface area (Å²) < 4.78 is 0. The van der Waals surface area contributed by atoms with Gasteiger partial charge in [0.25, 0.3) is 0 Å². The molecule has 1 atom stereocenters. The van der Waals surface area contributed by atoms with Crippen molar-refractivity contribution in [3.8, 4) is 0 Å². The molecule has 1 N–H and O–H groups in total. The second kappa shape index (κ2) is 4.88. The van der Waals surface area contributed by atoms with E-state index in [0.717, 1.165) is 12.4 Å². The first-order valence-electron chi connectivity index (χ1n) is 7.49. The fraction of sp³-hybridized carbons (Fsp3) is 0.211. The molecule has 0 saturated heterocycles. The number of benzene rings is 2. The van der Waals surface area contributed by atoms with E-state index in [9.17, 15) is 0 Å². The minimum absolute atomic E-state index is 0.614. The van der Waals surface area contributed by atoms with Crippen LogP contribution < -0.4 is 5.32 Å². The van der Waals surface area contributed by atoms with Gasteiger partial charge in [-0.15, -0.1) is 0 Å². The molecule has 0 amide bonds. The van der Waals surface area contributed by atoms with E-state index in [4.69, 9.17) is 0 Å². The lowest BCUT2D eigenvalue weighted by molar-refractivity contribution is 0.635. The molecule has 1 unspecified atom stereocenters. The van der Waals surface area contributed by atoms with E-state index in [2.05, 4.69) is 65.8 Å². The van der Waals surface area contributed by atoms with Gasteiger partial charge in [0, 0.05) is 24.0 Å². The molecule has 2 heteroatoms. The Balaban J connectivity index is 1.58. The van der Waals surface area contributed by atoms with Gasteiger partial charge in [-0.2, -0.15) is 0 Å². The van der Waals surface area contributed by atoms with Crippen molar-refractivity contribution in [2.75, 3.05) is 11.9 Å². The lowest BCUT2D eigenvalue weighted by Crippen LogP contribution is -2.24. The van der Waals surface area contributed by atoms with Gasteiger partial charge < -0.3 is 5.32 Å². The van der Waals surface area contributed by atoms with Gasteiger partial charge in [-0.1, -0.05) is 42.5 Å². The maximum absolute atomic E-state index is 4.52. The fourth-order valence-corrected chi connectivity index (χ4v) is 3.27. The van der Waals surface area contributed by atoms with Crippen molar-refractivity contribution in [2.24, 2.45) is 0 Å². The summed E-state index contributed by atoms with van der Waals surface area (Å²) in [4.78, 5) is 4.52. The Kier molecular flexibility index (Phi) is 2.88. The maximum atomic E-state index is 4.52. The first-order chi connectivity index (χ1) is 10.3. The molecule has 4 rings (SSSR count). The smallest absolute Gasteiger partial charge is 0.133 e. The Labute approximate surface area is 124 Å². The minimum Gasteiger partial charge on any atom is -0.369 e. The van der Waals surface area contributed by atoms with Crippen molar-refractivity contribution in [2.45, 2.75) is 19.3 Å². The standard InChI is InChI=1S/C19H18N2/c1-13-5-4-8-18-16(13)9-10-20-19(18)21-12-15-11-14-6-2-3-7-17(14)15/h2-10,15H,11-12H2,1H3,(H,20,21). The summed E-state index contributed by atoms with van der Waals surface area (Å²) >= 11 is 0. The average Bonchev–Trinajstić information content (AvgIpc) is 2.49. The van der Waals surface area contributed by atoms with Crippen molar-refractivity contribution in [3.05, 3.63) is 71.4 Å². The van der Waals surface area contributed by atoms with Gasteiger partial charge in [0.2, 0.25) is 0 Å². The molecule has 1 aliphatic carbocycles. The molecule has 104 valence electrons. The molecule has 0 saturated carbocycles. The van der Waals surface area contributed by atoms with E-state index in [1.165, 1.54) is 33.9 Å². The molecule has 0 bridgehead atoms. The largest absolute Gasteiger partial charge is 0.369 e. The molecular formula is C19H18N2. The highest BCUT2D eigenvalue weighted by Gasteiger charge is 2.25. The molecule has 1 aromatic heterocycles. The topological polar surface area (TPSA) is 24.9 Å². The highest BCUT2D eigenvalue weighted by molar-refractivity contribution is 5.93. The zero-order valence-corrected chi connectivity index (χ0v) is 12.1. The van der Waals surface area contributed by atoms with Crippen LogP contribution in [-0.2, 0) is 6.42 Å². The number of pyridine rings is 1. The van der Waals surface area contributed by atoms with Gasteiger partial charge in [-0.25, -0.2) is 4.98 Å². The van der Waals surface area contributed by atoms with Gasteiger partial charge in [0.05, 0.1) is 0 Å². The summed E-state index contributed by atoms with van der Waals surface area (Å²) in [5, 5.41) is 6.04. The number of hydrogen-bond acceptors (Lipinski definition) is 2. The third kappa shape index (κ3) is 2.07. The van der Waals surface area contributed by atoms with Crippen molar-refractivity contribution in [3.63, 3.8) is 0 Å². The fourth-order valence-electron chi connectivity index (χ4n) is 3.27. The van der Waals surface area contributed by atoms with Crippen molar-refractivity contribution < 1.29 is 0 Å². The van der Waals surface area contributed by atoms with E-state index in [0.29, 0.717) is 5.92 Å². The molecule has 2 nitrogen and oxygen atoms in total. The number of anilines is 1. The van der Waals surface area contributed by atoms with Crippen LogP contribution in [0, 0.1) is 6.92 Å². The molecule has 1 aliphatic rings. The molecule has 0 aliphatic heterocycles. The van der Waals surface area contributed by atoms with Crippen LogP contribution >= 0.6 is 0 Å². The number of aryl methyl sites for hydroxylation is 1. The number of nitrogens with one attached hydrogen (secondary N) is 1. The van der Waals surface area contributed by atoms with Crippen LogP contribution in [0.4, 0.5) is 5.82 Å². The molecule has 0 radical (unpaired) electrons. The van der Waals surface area contributed by atoms with Crippen LogP contribution in [0.2, 0.25) is 0 Å². The van der Waals surface area contributed by atoms with Crippen LogP contribution in [0.3, 0.4) is 0 Å². The Morgan fingerprint density at radius 2 is 1.95 bits per heavy atom. The van der Waals surface area contributed by atoms with E-state index < -0.39 is 0 Å². The van der Waals surface area contributed by atoms with E-state index in [1.807, 2.05) is 6.20 Å². The monoisotopic (exact) mass is 274 g/mol. The zero-order valence-electron chi connectivity index (χ0n) is 12.1. The Hall–Kier alpha value is -2.35. The number of hydrogen-bond donors (Lipinski definition) is 1. The summed E-state index contributed by atoms with van der Waals surface area (Å²) in [5.74, 6) is 1.61. The second-order valence-electron chi connectivity index (χ2n) is 5.81. The Bertz CT molecular complexity index is 808. The summed E-state index contributed by atoms with van der Waals surface area (Å²) in [6.07, 6.45) is 3.07. The van der Waals surface area contributed by atoms with Crippen molar-refractivity contribution >= 4 is 16.6 Å². The zero-order chi connectivity index (χ0) is 14.2. The molecule has 3 aromatic rings. The number of aromatic nitrogens is 1. The quantitative estimate of drug-likeness (QED) is 0.770. The summed E-state index contributed by atoms with van der Waals surface area (Å²) in [6.45, 7) is 3.10. The highest BCUT2D eigenvalue weighted by Crippen LogP contribution is 2.35. The number of rotatable bonds is 3. The van der Waals surface area contributed by atoms with E-state index in [1.54, 1.807) is 0 Å². The van der Waals surface area contributed by atoms with Gasteiger partial charge in [-0.05, 0) is 41.5 Å². The number of nitrogens with zero attached hydrogens (tertiary/aromatic N) is 1. The van der Waals surface area contributed by atoms with E-state index >= 15 is 0 Å². The average molecular weight is 274 g/mol. The molecule has 21 heavy (non-hydrogen) atoms. The van der Waals surface area contributed by atoms with Crippen LogP contribution in [0.1, 0.15) is 22.6 Å². The minimum atomic E-state index is 0.614. The third-order valence-corrected chi connectivity index (χ3v) is 4.50. The highest BCUT2D eigenvalue weighted by atomic mass is 15.0. The first-order valence-corrected chi connectivity index (χ1v) is 7.49. The molecule has 0 fully saturated rings. The molecule has 2 aromatic carbocycles. The van der Waals surface area contributed by atoms with Crippen LogP contribution in [-0.4, -0.2) is 11.5 Å². The maximum Gasteiger partial charge on any atom is 0.133 e.